The first-order valence-electron chi connectivity index (χ1n) is 13.1. The lowest BCUT2D eigenvalue weighted by atomic mass is 10.0. The number of carbonyl (C=O) groups is 4. The molecule has 9 heteroatoms. The number of benzene rings is 2. The van der Waals surface area contributed by atoms with E-state index in [0.29, 0.717) is 25.1 Å². The van der Waals surface area contributed by atoms with Gasteiger partial charge in [0.15, 0.2) is 0 Å². The Bertz CT molecular complexity index is 1110. The number of amides is 4. The summed E-state index contributed by atoms with van der Waals surface area (Å²) in [6.07, 6.45) is 1.20. The first kappa shape index (κ1) is 28.7. The number of fused-ring (bicyclic) bond motifs is 1. The van der Waals surface area contributed by atoms with E-state index in [1.54, 1.807) is 36.2 Å². The minimum Gasteiger partial charge on any atom is -0.491 e. The Morgan fingerprint density at radius 2 is 1.74 bits per heavy atom. The quantitative estimate of drug-likeness (QED) is 0.538. The van der Waals surface area contributed by atoms with Crippen LogP contribution in [0.3, 0.4) is 0 Å². The fourth-order valence-electron chi connectivity index (χ4n) is 4.29. The molecule has 204 valence electrons. The largest absolute Gasteiger partial charge is 0.491 e. The third kappa shape index (κ3) is 8.61. The summed E-state index contributed by atoms with van der Waals surface area (Å²) in [6, 6.07) is 14.9. The molecule has 0 radical (unpaired) electrons. The van der Waals surface area contributed by atoms with E-state index in [1.165, 1.54) is 0 Å². The second kappa shape index (κ2) is 14.2. The Morgan fingerprint density at radius 3 is 2.47 bits per heavy atom. The highest BCUT2D eigenvalue weighted by Crippen LogP contribution is 2.19. The van der Waals surface area contributed by atoms with E-state index in [2.05, 4.69) is 16.0 Å². The summed E-state index contributed by atoms with van der Waals surface area (Å²) in [6.45, 7) is 4.77. The van der Waals surface area contributed by atoms with Crippen molar-refractivity contribution >= 4 is 23.6 Å². The maximum absolute atomic E-state index is 13.4. The van der Waals surface area contributed by atoms with Crippen molar-refractivity contribution in [3.05, 3.63) is 65.7 Å². The smallest absolute Gasteiger partial charge is 0.255 e. The number of ether oxygens (including phenoxy) is 1. The summed E-state index contributed by atoms with van der Waals surface area (Å²) in [5.74, 6) is -0.861. The maximum Gasteiger partial charge on any atom is 0.255 e. The van der Waals surface area contributed by atoms with Crippen LogP contribution in [-0.4, -0.2) is 67.4 Å². The third-order valence-corrected chi connectivity index (χ3v) is 6.37. The van der Waals surface area contributed by atoms with Crippen LogP contribution in [0.2, 0.25) is 0 Å². The number of para-hydroxylation sites is 1. The van der Waals surface area contributed by atoms with Gasteiger partial charge in [-0.1, -0.05) is 56.3 Å². The van der Waals surface area contributed by atoms with Crippen molar-refractivity contribution in [1.29, 1.82) is 0 Å². The lowest BCUT2D eigenvalue weighted by Crippen LogP contribution is -2.50. The molecule has 0 saturated carbocycles. The molecule has 0 fully saturated rings. The number of likely N-dealkylation sites (N-methyl/N-ethyl adjacent to an activating group) is 1. The molecule has 2 atom stereocenters. The molecule has 3 rings (SSSR count). The summed E-state index contributed by atoms with van der Waals surface area (Å²) in [5, 5.41) is 8.42. The molecular formula is C29H38N4O5. The third-order valence-electron chi connectivity index (χ3n) is 6.37. The lowest BCUT2D eigenvalue weighted by molar-refractivity contribution is -0.133. The van der Waals surface area contributed by atoms with E-state index in [-0.39, 0.29) is 55.2 Å². The van der Waals surface area contributed by atoms with Gasteiger partial charge in [0.2, 0.25) is 17.7 Å². The van der Waals surface area contributed by atoms with Gasteiger partial charge in [0.1, 0.15) is 24.4 Å². The first-order chi connectivity index (χ1) is 18.2. The predicted molar refractivity (Wildman–Crippen MR) is 145 cm³/mol. The van der Waals surface area contributed by atoms with Gasteiger partial charge in [0, 0.05) is 20.0 Å². The van der Waals surface area contributed by atoms with Gasteiger partial charge in [-0.3, -0.25) is 19.2 Å². The average Bonchev–Trinajstić information content (AvgIpc) is 2.91. The van der Waals surface area contributed by atoms with Crippen molar-refractivity contribution in [2.75, 3.05) is 26.7 Å². The van der Waals surface area contributed by atoms with Crippen LogP contribution in [0.1, 0.15) is 49.0 Å². The molecule has 0 aromatic heterocycles. The second-order valence-corrected chi connectivity index (χ2v) is 9.95. The Balaban J connectivity index is 1.80. The Labute approximate surface area is 224 Å². The van der Waals surface area contributed by atoms with Gasteiger partial charge >= 0.3 is 0 Å². The minimum atomic E-state index is -0.926. The van der Waals surface area contributed by atoms with E-state index in [4.69, 9.17) is 4.74 Å². The van der Waals surface area contributed by atoms with Gasteiger partial charge in [0.05, 0.1) is 12.1 Å². The minimum absolute atomic E-state index is 0.0246. The summed E-state index contributed by atoms with van der Waals surface area (Å²) in [7, 11) is 1.69. The molecule has 0 saturated heterocycles. The lowest BCUT2D eigenvalue weighted by Gasteiger charge is -2.25. The summed E-state index contributed by atoms with van der Waals surface area (Å²) < 4.78 is 5.79. The summed E-state index contributed by atoms with van der Waals surface area (Å²) >= 11 is 0. The molecule has 38 heavy (non-hydrogen) atoms. The molecule has 2 aromatic carbocycles. The molecule has 1 aliphatic rings. The predicted octanol–water partition coefficient (Wildman–Crippen LogP) is 2.31. The number of carbonyl (C=O) groups excluding carboxylic acids is 4. The standard InChI is InChI=1S/C29H38N4O5/c1-20(2)19-24-28(36)30-16-18-38-25-12-8-7-11-22(25)27(35)32-23(13-14-26(34)31-24)29(37)33(3)17-15-21-9-5-4-6-10-21/h4-12,20,23-24H,13-19H2,1-3H3,(H,30,36)(H,31,34)(H,32,35)/t23-,24+/m0/s1. The number of hydrogen-bond acceptors (Lipinski definition) is 5. The van der Waals surface area contributed by atoms with Gasteiger partial charge in [-0.05, 0) is 42.9 Å². The molecule has 1 aliphatic heterocycles. The molecule has 0 aliphatic carbocycles. The van der Waals surface area contributed by atoms with Crippen molar-refractivity contribution < 1.29 is 23.9 Å². The van der Waals surface area contributed by atoms with Gasteiger partial charge < -0.3 is 25.6 Å². The van der Waals surface area contributed by atoms with Crippen molar-refractivity contribution in [3.8, 4) is 5.75 Å². The number of nitrogens with zero attached hydrogens (tertiary/aromatic N) is 1. The Morgan fingerprint density at radius 1 is 1.03 bits per heavy atom. The maximum atomic E-state index is 13.4. The molecule has 1 heterocycles. The summed E-state index contributed by atoms with van der Waals surface area (Å²) in [5.41, 5.74) is 1.37. The molecule has 0 unspecified atom stereocenters. The zero-order chi connectivity index (χ0) is 27.5. The average molecular weight is 523 g/mol. The zero-order valence-electron chi connectivity index (χ0n) is 22.4. The molecule has 9 nitrogen and oxygen atoms in total. The molecule has 3 N–H and O–H groups in total. The van der Waals surface area contributed by atoms with Gasteiger partial charge in [-0.15, -0.1) is 0 Å². The molecule has 0 spiro atoms. The van der Waals surface area contributed by atoms with Gasteiger partial charge in [0.25, 0.3) is 5.91 Å². The van der Waals surface area contributed by atoms with Crippen LogP contribution in [0, 0.1) is 5.92 Å². The highest BCUT2D eigenvalue weighted by molar-refractivity contribution is 5.99. The fourth-order valence-corrected chi connectivity index (χ4v) is 4.29. The van der Waals surface area contributed by atoms with E-state index < -0.39 is 18.0 Å². The van der Waals surface area contributed by atoms with Crippen molar-refractivity contribution in [3.63, 3.8) is 0 Å². The fraction of sp³-hybridized carbons (Fsp3) is 0.448. The van der Waals surface area contributed by atoms with Crippen LogP contribution < -0.4 is 20.7 Å². The van der Waals surface area contributed by atoms with Crippen LogP contribution in [-0.2, 0) is 20.8 Å². The highest BCUT2D eigenvalue weighted by Gasteiger charge is 2.28. The van der Waals surface area contributed by atoms with E-state index >= 15 is 0 Å². The Hall–Kier alpha value is -3.88. The molecule has 4 amide bonds. The van der Waals surface area contributed by atoms with Crippen molar-refractivity contribution in [2.45, 2.75) is 51.6 Å². The normalized spacial score (nSPS) is 19.1. The number of rotatable bonds is 6. The summed E-state index contributed by atoms with van der Waals surface area (Å²) in [4.78, 5) is 53.8. The van der Waals surface area contributed by atoms with Crippen molar-refractivity contribution in [2.24, 2.45) is 5.92 Å². The SMILES string of the molecule is CC(C)C[C@H]1NC(=O)CC[C@@H](C(=O)N(C)CCc2ccccc2)NC(=O)c2ccccc2OCCNC1=O. The molecular weight excluding hydrogens is 484 g/mol. The topological polar surface area (TPSA) is 117 Å². The van der Waals surface area contributed by atoms with E-state index in [9.17, 15) is 19.2 Å². The van der Waals surface area contributed by atoms with Gasteiger partial charge in [-0.2, -0.15) is 0 Å². The first-order valence-corrected chi connectivity index (χ1v) is 13.1. The highest BCUT2D eigenvalue weighted by atomic mass is 16.5. The van der Waals surface area contributed by atoms with Crippen molar-refractivity contribution in [1.82, 2.24) is 20.9 Å². The van der Waals surface area contributed by atoms with Crippen LogP contribution in [0.5, 0.6) is 5.75 Å². The number of hydrogen-bond donors (Lipinski definition) is 3. The van der Waals surface area contributed by atoms with E-state index in [1.807, 2.05) is 44.2 Å². The Kier molecular flexibility index (Phi) is 10.7. The molecule has 2 aromatic rings. The van der Waals surface area contributed by atoms with Crippen LogP contribution in [0.25, 0.3) is 0 Å². The van der Waals surface area contributed by atoms with Crippen LogP contribution in [0.15, 0.2) is 54.6 Å². The second-order valence-electron chi connectivity index (χ2n) is 9.95. The van der Waals surface area contributed by atoms with E-state index in [0.717, 1.165) is 5.56 Å². The van der Waals surface area contributed by atoms with Gasteiger partial charge in [-0.25, -0.2) is 0 Å². The monoisotopic (exact) mass is 522 g/mol. The van der Waals surface area contributed by atoms with Crippen LogP contribution in [0.4, 0.5) is 0 Å². The van der Waals surface area contributed by atoms with Crippen LogP contribution >= 0.6 is 0 Å². The molecule has 0 bridgehead atoms. The zero-order valence-corrected chi connectivity index (χ0v) is 22.4. The number of nitrogens with one attached hydrogen (secondary N) is 3.